The molecule has 1 atom stereocenters. The molecule has 1 fully saturated rings. The van der Waals surface area contributed by atoms with Gasteiger partial charge in [-0.2, -0.15) is 0 Å². The maximum Gasteiger partial charge on any atom is 0.169 e. The summed E-state index contributed by atoms with van der Waals surface area (Å²) in [6.07, 6.45) is 4.84. The number of hydrogen-bond acceptors (Lipinski definition) is 4. The summed E-state index contributed by atoms with van der Waals surface area (Å²) in [6, 6.07) is 8.27. The van der Waals surface area contributed by atoms with Crippen molar-refractivity contribution in [2.24, 2.45) is 0 Å². The number of halogens is 2. The van der Waals surface area contributed by atoms with Crippen LogP contribution in [0.15, 0.2) is 24.3 Å². The molecule has 2 aromatic rings. The van der Waals surface area contributed by atoms with Crippen molar-refractivity contribution in [2.75, 3.05) is 31.1 Å². The van der Waals surface area contributed by atoms with E-state index < -0.39 is 0 Å². The number of fused-ring (bicyclic) bond motifs is 1. The second-order valence-electron chi connectivity index (χ2n) is 7.46. The largest absolute Gasteiger partial charge is 0.363 e. The van der Waals surface area contributed by atoms with Crippen LogP contribution in [-0.2, 0) is 6.42 Å². The van der Waals surface area contributed by atoms with E-state index in [1.165, 1.54) is 29.7 Å². The van der Waals surface area contributed by atoms with E-state index in [2.05, 4.69) is 21.9 Å². The Morgan fingerprint density at radius 2 is 1.89 bits per heavy atom. The normalized spacial score (nSPS) is 20.6. The Morgan fingerprint density at radius 3 is 2.59 bits per heavy atom. The molecule has 2 aliphatic heterocycles. The van der Waals surface area contributed by atoms with Crippen LogP contribution in [0.4, 0.5) is 5.69 Å². The Hall–Kier alpha value is -1.07. The molecule has 1 aromatic carbocycles. The Labute approximate surface area is 174 Å². The molecule has 0 radical (unpaired) electrons. The fourth-order valence-corrected chi connectivity index (χ4v) is 5.59. The summed E-state index contributed by atoms with van der Waals surface area (Å²) in [5.41, 5.74) is 2.42. The summed E-state index contributed by atoms with van der Waals surface area (Å²) < 4.78 is 0. The molecule has 1 unspecified atom stereocenters. The van der Waals surface area contributed by atoms with E-state index in [1.54, 1.807) is 18.3 Å². The molecule has 0 N–H and O–H groups in total. The SMILES string of the molecule is CC(=O)c1cc2c(s1)CCN(c1ccc(Cl)c(Cl)c1)C2CN1CCCCC1. The number of carbonyl (C=O) groups is 1. The number of carbonyl (C=O) groups excluding carboxylic acids is 1. The van der Waals surface area contributed by atoms with Gasteiger partial charge in [-0.25, -0.2) is 0 Å². The van der Waals surface area contributed by atoms with Crippen LogP contribution >= 0.6 is 34.5 Å². The Balaban J connectivity index is 1.70. The second-order valence-corrected chi connectivity index (χ2v) is 9.42. The zero-order chi connectivity index (χ0) is 19.0. The number of Topliss-reactive ketones (excluding diaryl/α,β-unsaturated/α-hetero) is 1. The van der Waals surface area contributed by atoms with Gasteiger partial charge < -0.3 is 9.80 Å². The van der Waals surface area contributed by atoms with E-state index in [1.807, 2.05) is 12.1 Å². The standard InChI is InChI=1S/C21H24Cl2N2OS/c1-14(26)21-12-16-19(13-24-8-3-2-4-9-24)25(10-7-20(16)27-21)15-5-6-17(22)18(23)11-15/h5-6,11-12,19H,2-4,7-10,13H2,1H3. The van der Waals surface area contributed by atoms with E-state index in [9.17, 15) is 4.79 Å². The summed E-state index contributed by atoms with van der Waals surface area (Å²) in [7, 11) is 0. The fourth-order valence-electron chi connectivity index (χ4n) is 4.20. The lowest BCUT2D eigenvalue weighted by molar-refractivity contribution is 0.102. The fraction of sp³-hybridized carbons (Fsp3) is 0.476. The van der Waals surface area contributed by atoms with Gasteiger partial charge in [-0.05, 0) is 69.1 Å². The molecule has 6 heteroatoms. The zero-order valence-electron chi connectivity index (χ0n) is 15.5. The van der Waals surface area contributed by atoms with Crippen LogP contribution in [0, 0.1) is 0 Å². The number of hydrogen-bond donors (Lipinski definition) is 0. The quantitative estimate of drug-likeness (QED) is 0.577. The van der Waals surface area contributed by atoms with Crippen LogP contribution < -0.4 is 4.90 Å². The minimum Gasteiger partial charge on any atom is -0.363 e. The van der Waals surface area contributed by atoms with Crippen LogP contribution in [0.1, 0.15) is 52.3 Å². The topological polar surface area (TPSA) is 23.6 Å². The maximum absolute atomic E-state index is 11.9. The molecule has 0 spiro atoms. The van der Waals surface area contributed by atoms with Gasteiger partial charge in [0, 0.05) is 23.7 Å². The summed E-state index contributed by atoms with van der Waals surface area (Å²) in [4.78, 5) is 19.2. The van der Waals surface area contributed by atoms with Gasteiger partial charge in [-0.3, -0.25) is 4.79 Å². The van der Waals surface area contributed by atoms with Crippen molar-refractivity contribution in [3.8, 4) is 0 Å². The Morgan fingerprint density at radius 1 is 1.11 bits per heavy atom. The predicted molar refractivity (Wildman–Crippen MR) is 115 cm³/mol. The molecule has 27 heavy (non-hydrogen) atoms. The van der Waals surface area contributed by atoms with E-state index >= 15 is 0 Å². The first-order valence-corrected chi connectivity index (χ1v) is 11.2. The molecule has 1 aromatic heterocycles. The highest BCUT2D eigenvalue weighted by Crippen LogP contribution is 2.40. The molecule has 0 amide bonds. The number of likely N-dealkylation sites (tertiary alicyclic amines) is 1. The van der Waals surface area contributed by atoms with Crippen molar-refractivity contribution in [3.63, 3.8) is 0 Å². The summed E-state index contributed by atoms with van der Waals surface area (Å²) >= 11 is 14.1. The first-order chi connectivity index (χ1) is 13.0. The Kier molecular flexibility index (Phi) is 5.79. The molecule has 2 aliphatic rings. The molecule has 0 bridgehead atoms. The second kappa shape index (κ2) is 8.12. The van der Waals surface area contributed by atoms with Gasteiger partial charge in [0.05, 0.1) is 21.0 Å². The average Bonchev–Trinajstić information content (AvgIpc) is 3.10. The third-order valence-electron chi connectivity index (χ3n) is 5.62. The lowest BCUT2D eigenvalue weighted by atomic mass is 9.97. The maximum atomic E-state index is 11.9. The van der Waals surface area contributed by atoms with Crippen molar-refractivity contribution in [1.29, 1.82) is 0 Å². The average molecular weight is 423 g/mol. The lowest BCUT2D eigenvalue weighted by Crippen LogP contribution is -2.43. The highest BCUT2D eigenvalue weighted by Gasteiger charge is 2.32. The zero-order valence-corrected chi connectivity index (χ0v) is 17.8. The number of piperidine rings is 1. The molecule has 1 saturated heterocycles. The van der Waals surface area contributed by atoms with Crippen LogP contribution in [0.25, 0.3) is 0 Å². The van der Waals surface area contributed by atoms with Gasteiger partial charge in [0.25, 0.3) is 0 Å². The van der Waals surface area contributed by atoms with E-state index in [0.29, 0.717) is 10.0 Å². The van der Waals surface area contributed by atoms with E-state index in [-0.39, 0.29) is 11.8 Å². The highest BCUT2D eigenvalue weighted by molar-refractivity contribution is 7.14. The molecule has 4 rings (SSSR count). The lowest BCUT2D eigenvalue weighted by Gasteiger charge is -2.41. The van der Waals surface area contributed by atoms with E-state index in [4.69, 9.17) is 23.2 Å². The molecule has 144 valence electrons. The number of ketones is 1. The molecule has 3 nitrogen and oxygen atoms in total. The van der Waals surface area contributed by atoms with Gasteiger partial charge >= 0.3 is 0 Å². The van der Waals surface area contributed by atoms with Crippen molar-refractivity contribution in [1.82, 2.24) is 4.90 Å². The molecule has 3 heterocycles. The van der Waals surface area contributed by atoms with Crippen LogP contribution in [-0.4, -0.2) is 36.9 Å². The molecule has 0 aliphatic carbocycles. The van der Waals surface area contributed by atoms with Gasteiger partial charge in [-0.15, -0.1) is 11.3 Å². The monoisotopic (exact) mass is 422 g/mol. The highest BCUT2D eigenvalue weighted by atomic mass is 35.5. The number of thiophene rings is 1. The van der Waals surface area contributed by atoms with Crippen molar-refractivity contribution < 1.29 is 4.79 Å². The van der Waals surface area contributed by atoms with Crippen LogP contribution in [0.2, 0.25) is 10.0 Å². The van der Waals surface area contributed by atoms with Crippen molar-refractivity contribution >= 4 is 46.0 Å². The van der Waals surface area contributed by atoms with Gasteiger partial charge in [0.2, 0.25) is 0 Å². The number of nitrogens with zero attached hydrogens (tertiary/aromatic N) is 2. The van der Waals surface area contributed by atoms with Gasteiger partial charge in [-0.1, -0.05) is 29.6 Å². The first-order valence-electron chi connectivity index (χ1n) is 9.60. The molecule has 0 saturated carbocycles. The predicted octanol–water partition coefficient (Wildman–Crippen LogP) is 5.85. The third-order valence-corrected chi connectivity index (χ3v) is 7.67. The summed E-state index contributed by atoms with van der Waals surface area (Å²) in [5.74, 6) is 0.159. The molecular formula is C21H24Cl2N2OS. The number of benzene rings is 1. The van der Waals surface area contributed by atoms with Crippen molar-refractivity contribution in [3.05, 3.63) is 49.6 Å². The van der Waals surface area contributed by atoms with Crippen molar-refractivity contribution in [2.45, 2.75) is 38.6 Å². The Bertz CT molecular complexity index is 845. The van der Waals surface area contributed by atoms with Gasteiger partial charge in [0.1, 0.15) is 0 Å². The summed E-state index contributed by atoms with van der Waals surface area (Å²) in [5, 5.41) is 1.17. The first kappa shape index (κ1) is 19.3. The van der Waals surface area contributed by atoms with E-state index in [0.717, 1.165) is 43.2 Å². The third kappa shape index (κ3) is 4.04. The number of anilines is 1. The molecular weight excluding hydrogens is 399 g/mol. The minimum absolute atomic E-state index is 0.159. The van der Waals surface area contributed by atoms with Crippen LogP contribution in [0.5, 0.6) is 0 Å². The number of rotatable bonds is 4. The minimum atomic E-state index is 0.159. The summed E-state index contributed by atoms with van der Waals surface area (Å²) in [6.45, 7) is 5.89. The smallest absolute Gasteiger partial charge is 0.169 e. The van der Waals surface area contributed by atoms with Crippen LogP contribution in [0.3, 0.4) is 0 Å². The van der Waals surface area contributed by atoms with Gasteiger partial charge in [0.15, 0.2) is 5.78 Å².